The SMILES string of the molecule is CCCCCCCC/C=C/CCCC(O)C(O)C(CO)NC(=O)CCCCCCCCCCCCC/C=C\CCCCCCCCCCCCCC. The Morgan fingerprint density at radius 2 is 0.769 bits per heavy atom. The van der Waals surface area contributed by atoms with Crippen LogP contribution in [0.25, 0.3) is 0 Å². The minimum atomic E-state index is -1.16. The number of aliphatic hydroxyl groups excluding tert-OH is 3. The van der Waals surface area contributed by atoms with Crippen molar-refractivity contribution in [3.8, 4) is 0 Å². The van der Waals surface area contributed by atoms with Crippen molar-refractivity contribution in [1.29, 1.82) is 0 Å². The number of rotatable bonds is 42. The van der Waals surface area contributed by atoms with E-state index in [1.54, 1.807) is 0 Å². The van der Waals surface area contributed by atoms with Crippen LogP contribution < -0.4 is 5.32 Å². The first-order valence-corrected chi connectivity index (χ1v) is 23.1. The van der Waals surface area contributed by atoms with Gasteiger partial charge in [0.05, 0.1) is 18.8 Å². The second-order valence-corrected chi connectivity index (χ2v) is 16.0. The predicted molar refractivity (Wildman–Crippen MR) is 227 cm³/mol. The number of carbonyl (C=O) groups is 1. The number of carbonyl (C=O) groups excluding carboxylic acids is 1. The van der Waals surface area contributed by atoms with Gasteiger partial charge in [0.1, 0.15) is 6.10 Å². The fourth-order valence-corrected chi connectivity index (χ4v) is 7.16. The molecule has 0 fully saturated rings. The minimum absolute atomic E-state index is 0.155. The Morgan fingerprint density at radius 1 is 0.462 bits per heavy atom. The van der Waals surface area contributed by atoms with E-state index in [4.69, 9.17) is 0 Å². The van der Waals surface area contributed by atoms with Crippen LogP contribution >= 0.6 is 0 Å². The number of hydrogen-bond acceptors (Lipinski definition) is 4. The van der Waals surface area contributed by atoms with E-state index >= 15 is 0 Å². The van der Waals surface area contributed by atoms with Crippen LogP contribution in [0.4, 0.5) is 0 Å². The third kappa shape index (κ3) is 37.2. The van der Waals surface area contributed by atoms with E-state index < -0.39 is 18.2 Å². The lowest BCUT2D eigenvalue weighted by Gasteiger charge is -2.26. The maximum absolute atomic E-state index is 12.4. The average Bonchev–Trinajstić information content (AvgIpc) is 3.15. The Hall–Kier alpha value is -1.17. The van der Waals surface area contributed by atoms with E-state index in [1.165, 1.54) is 180 Å². The van der Waals surface area contributed by atoms with Gasteiger partial charge in [-0.1, -0.05) is 199 Å². The van der Waals surface area contributed by atoms with Crippen molar-refractivity contribution < 1.29 is 20.1 Å². The highest BCUT2D eigenvalue weighted by Gasteiger charge is 2.26. The quantitative estimate of drug-likeness (QED) is 0.0371. The maximum Gasteiger partial charge on any atom is 0.220 e. The van der Waals surface area contributed by atoms with Gasteiger partial charge in [-0.05, 0) is 64.2 Å². The standard InChI is InChI=1S/C47H91NO4/c1-3-5-7-9-11-13-15-16-17-18-19-20-21-22-23-24-25-26-27-28-29-30-32-34-36-38-40-42-46(51)48-44(43-49)47(52)45(50)41-39-37-35-33-31-14-12-10-8-6-4-2/h22-23,33,35,44-45,47,49-50,52H,3-21,24-32,34,36-43H2,1-2H3,(H,48,51)/b23-22-,35-33+. The molecule has 0 saturated heterocycles. The summed E-state index contributed by atoms with van der Waals surface area (Å²) in [7, 11) is 0. The van der Waals surface area contributed by atoms with Gasteiger partial charge in [0.15, 0.2) is 0 Å². The van der Waals surface area contributed by atoms with Gasteiger partial charge in [-0.2, -0.15) is 0 Å². The molecule has 4 N–H and O–H groups in total. The van der Waals surface area contributed by atoms with Gasteiger partial charge in [0.25, 0.3) is 0 Å². The molecule has 52 heavy (non-hydrogen) atoms. The number of allylic oxidation sites excluding steroid dienone is 4. The van der Waals surface area contributed by atoms with Gasteiger partial charge in [0.2, 0.25) is 5.91 Å². The van der Waals surface area contributed by atoms with Crippen LogP contribution in [0.5, 0.6) is 0 Å². The molecule has 0 bridgehead atoms. The fraction of sp³-hybridized carbons (Fsp3) is 0.894. The lowest BCUT2D eigenvalue weighted by Crippen LogP contribution is -2.50. The average molecular weight is 734 g/mol. The first-order valence-electron chi connectivity index (χ1n) is 23.1. The van der Waals surface area contributed by atoms with Crippen LogP contribution in [0.3, 0.4) is 0 Å². The van der Waals surface area contributed by atoms with Crippen molar-refractivity contribution in [2.75, 3.05) is 6.61 Å². The molecule has 0 radical (unpaired) electrons. The third-order valence-corrected chi connectivity index (χ3v) is 10.8. The Kier molecular flexibility index (Phi) is 41.6. The summed E-state index contributed by atoms with van der Waals surface area (Å²) in [5.74, 6) is -0.155. The van der Waals surface area contributed by atoms with Gasteiger partial charge in [-0.15, -0.1) is 0 Å². The zero-order valence-corrected chi connectivity index (χ0v) is 35.0. The highest BCUT2D eigenvalue weighted by atomic mass is 16.3. The van der Waals surface area contributed by atoms with Gasteiger partial charge >= 0.3 is 0 Å². The molecule has 0 heterocycles. The summed E-state index contributed by atoms with van der Waals surface area (Å²) in [4.78, 5) is 12.4. The summed E-state index contributed by atoms with van der Waals surface area (Å²) in [6.07, 6.45) is 51.7. The number of hydrogen-bond donors (Lipinski definition) is 4. The molecular formula is C47H91NO4. The molecule has 0 aromatic heterocycles. The Morgan fingerprint density at radius 3 is 1.12 bits per heavy atom. The molecule has 0 rings (SSSR count). The lowest BCUT2D eigenvalue weighted by molar-refractivity contribution is -0.124. The van der Waals surface area contributed by atoms with Crippen LogP contribution in [0.2, 0.25) is 0 Å². The molecule has 3 atom stereocenters. The summed E-state index contributed by atoms with van der Waals surface area (Å²) >= 11 is 0. The first kappa shape index (κ1) is 50.8. The maximum atomic E-state index is 12.4. The van der Waals surface area contributed by atoms with Crippen molar-refractivity contribution in [2.45, 2.75) is 263 Å². The third-order valence-electron chi connectivity index (χ3n) is 10.8. The van der Waals surface area contributed by atoms with Crippen LogP contribution in [0.15, 0.2) is 24.3 Å². The smallest absolute Gasteiger partial charge is 0.220 e. The van der Waals surface area contributed by atoms with Gasteiger partial charge in [0, 0.05) is 6.42 Å². The lowest BCUT2D eigenvalue weighted by atomic mass is 10.0. The molecule has 0 saturated carbocycles. The molecule has 0 aliphatic rings. The molecule has 5 nitrogen and oxygen atoms in total. The second kappa shape index (κ2) is 42.6. The van der Waals surface area contributed by atoms with E-state index in [2.05, 4.69) is 43.5 Å². The summed E-state index contributed by atoms with van der Waals surface area (Å²) < 4.78 is 0. The Labute approximate surface area is 324 Å². The van der Waals surface area contributed by atoms with E-state index in [9.17, 15) is 20.1 Å². The number of unbranched alkanes of at least 4 members (excludes halogenated alkanes) is 30. The molecular weight excluding hydrogens is 643 g/mol. The molecule has 308 valence electrons. The van der Waals surface area contributed by atoms with E-state index in [0.29, 0.717) is 12.8 Å². The Bertz CT molecular complexity index is 768. The highest BCUT2D eigenvalue weighted by molar-refractivity contribution is 5.76. The zero-order valence-electron chi connectivity index (χ0n) is 35.0. The molecule has 1 amide bonds. The largest absolute Gasteiger partial charge is 0.394 e. The molecule has 0 aromatic rings. The van der Waals surface area contributed by atoms with E-state index in [1.807, 2.05) is 0 Å². The van der Waals surface area contributed by atoms with Crippen molar-refractivity contribution >= 4 is 5.91 Å². The molecule has 3 unspecified atom stereocenters. The van der Waals surface area contributed by atoms with Crippen LogP contribution in [0.1, 0.15) is 245 Å². The van der Waals surface area contributed by atoms with Crippen LogP contribution in [0, 0.1) is 0 Å². The van der Waals surface area contributed by atoms with Crippen LogP contribution in [-0.4, -0.2) is 46.1 Å². The normalized spacial score (nSPS) is 13.7. The summed E-state index contributed by atoms with van der Waals surface area (Å²) in [5, 5.41) is 33.4. The number of aliphatic hydroxyl groups is 3. The summed E-state index contributed by atoms with van der Waals surface area (Å²) in [6.45, 7) is 4.15. The molecule has 0 aromatic carbocycles. The van der Waals surface area contributed by atoms with Crippen molar-refractivity contribution in [1.82, 2.24) is 5.32 Å². The summed E-state index contributed by atoms with van der Waals surface area (Å²) in [5.41, 5.74) is 0. The fourth-order valence-electron chi connectivity index (χ4n) is 7.16. The highest BCUT2D eigenvalue weighted by Crippen LogP contribution is 2.16. The van der Waals surface area contributed by atoms with Gasteiger partial charge in [-0.3, -0.25) is 4.79 Å². The molecule has 0 aliphatic heterocycles. The van der Waals surface area contributed by atoms with E-state index in [0.717, 1.165) is 38.5 Å². The van der Waals surface area contributed by atoms with Crippen LogP contribution in [-0.2, 0) is 4.79 Å². The second-order valence-electron chi connectivity index (χ2n) is 16.0. The summed E-state index contributed by atoms with van der Waals surface area (Å²) in [6, 6.07) is -0.823. The van der Waals surface area contributed by atoms with Gasteiger partial charge < -0.3 is 20.6 Å². The van der Waals surface area contributed by atoms with Gasteiger partial charge in [-0.25, -0.2) is 0 Å². The van der Waals surface area contributed by atoms with Crippen molar-refractivity contribution in [3.05, 3.63) is 24.3 Å². The topological polar surface area (TPSA) is 89.8 Å². The number of amides is 1. The molecule has 0 spiro atoms. The zero-order chi connectivity index (χ0) is 38.0. The molecule has 0 aliphatic carbocycles. The first-order chi connectivity index (χ1) is 25.6. The molecule has 5 heteroatoms. The number of nitrogens with one attached hydrogen (secondary N) is 1. The van der Waals surface area contributed by atoms with E-state index in [-0.39, 0.29) is 12.5 Å². The predicted octanol–water partition coefficient (Wildman–Crippen LogP) is 13.4. The Balaban J connectivity index is 3.55. The van der Waals surface area contributed by atoms with Crippen molar-refractivity contribution in [2.24, 2.45) is 0 Å². The monoisotopic (exact) mass is 734 g/mol. The van der Waals surface area contributed by atoms with Crippen molar-refractivity contribution in [3.63, 3.8) is 0 Å². The minimum Gasteiger partial charge on any atom is -0.394 e.